The maximum atomic E-state index is 13.8. The van der Waals surface area contributed by atoms with Crippen LogP contribution < -0.4 is 0 Å². The maximum absolute atomic E-state index is 13.8. The molecule has 3 aromatic rings. The number of sulfone groups is 1. The lowest BCUT2D eigenvalue weighted by Crippen LogP contribution is -2.43. The Kier molecular flexibility index (Phi) is 7.84. The highest BCUT2D eigenvalue weighted by atomic mass is 32.2. The van der Waals surface area contributed by atoms with Gasteiger partial charge >= 0.3 is 5.97 Å². The second kappa shape index (κ2) is 11.0. The summed E-state index contributed by atoms with van der Waals surface area (Å²) >= 11 is 0. The van der Waals surface area contributed by atoms with Crippen molar-refractivity contribution in [3.8, 4) is 0 Å². The van der Waals surface area contributed by atoms with Crippen LogP contribution in [-0.2, 0) is 25.8 Å². The predicted molar refractivity (Wildman–Crippen MR) is 135 cm³/mol. The smallest absolute Gasteiger partial charge is 0.326 e. The molecule has 1 heterocycles. The molecule has 0 bridgehead atoms. The van der Waals surface area contributed by atoms with Crippen LogP contribution in [0.5, 0.6) is 0 Å². The number of rotatable bonds is 9. The molecule has 188 valence electrons. The van der Waals surface area contributed by atoms with Crippen LogP contribution in [0.1, 0.15) is 35.4 Å². The summed E-state index contributed by atoms with van der Waals surface area (Å²) in [5.41, 5.74) is 2.25. The molecular weight excluding hydrogens is 481 g/mol. The first kappa shape index (κ1) is 25.6. The Balaban J connectivity index is 1.53. The summed E-state index contributed by atoms with van der Waals surface area (Å²) in [6.07, 6.45) is 0.643. The Morgan fingerprint density at radius 3 is 2.00 bits per heavy atom. The molecule has 1 aliphatic heterocycles. The van der Waals surface area contributed by atoms with Crippen molar-refractivity contribution in [2.45, 2.75) is 36.5 Å². The normalized spacial score (nSPS) is 17.9. The molecule has 0 radical (unpaired) electrons. The predicted octanol–water partition coefficient (Wildman–Crippen LogP) is 4.06. The fourth-order valence-electron chi connectivity index (χ4n) is 4.76. The van der Waals surface area contributed by atoms with E-state index in [1.807, 2.05) is 60.7 Å². The SMILES string of the molecule is O=C(O)[C@@H]1C[C@H](S(=O)(=O)CCCc2ccc(F)cc2)CN1C(=O)C(c1ccccc1)c1ccccc1. The molecule has 1 N–H and O–H groups in total. The zero-order chi connectivity index (χ0) is 25.7. The lowest BCUT2D eigenvalue weighted by atomic mass is 9.90. The van der Waals surface area contributed by atoms with E-state index in [9.17, 15) is 27.5 Å². The summed E-state index contributed by atoms with van der Waals surface area (Å²) in [4.78, 5) is 27.1. The van der Waals surface area contributed by atoms with Crippen LogP contribution in [0.15, 0.2) is 84.9 Å². The van der Waals surface area contributed by atoms with E-state index < -0.39 is 38.9 Å². The Bertz CT molecular complexity index is 1260. The van der Waals surface area contributed by atoms with E-state index in [1.54, 1.807) is 12.1 Å². The van der Waals surface area contributed by atoms with Crippen molar-refractivity contribution in [3.05, 3.63) is 107 Å². The van der Waals surface area contributed by atoms with Crippen LogP contribution in [0.4, 0.5) is 4.39 Å². The van der Waals surface area contributed by atoms with E-state index in [4.69, 9.17) is 0 Å². The summed E-state index contributed by atoms with van der Waals surface area (Å²) in [5, 5.41) is 8.91. The highest BCUT2D eigenvalue weighted by molar-refractivity contribution is 7.92. The van der Waals surface area contributed by atoms with E-state index in [0.717, 1.165) is 5.56 Å². The van der Waals surface area contributed by atoms with Gasteiger partial charge in [0.1, 0.15) is 11.9 Å². The van der Waals surface area contributed by atoms with Crippen LogP contribution in [0.25, 0.3) is 0 Å². The number of hydrogen-bond donors (Lipinski definition) is 1. The molecule has 2 atom stereocenters. The zero-order valence-electron chi connectivity index (χ0n) is 19.7. The quantitative estimate of drug-likeness (QED) is 0.470. The largest absolute Gasteiger partial charge is 0.480 e. The summed E-state index contributed by atoms with van der Waals surface area (Å²) in [6.45, 7) is -0.162. The van der Waals surface area contributed by atoms with Gasteiger partial charge in [0.15, 0.2) is 9.84 Å². The van der Waals surface area contributed by atoms with E-state index in [1.165, 1.54) is 17.0 Å². The molecule has 0 saturated carbocycles. The van der Waals surface area contributed by atoms with Crippen molar-refractivity contribution in [2.24, 2.45) is 0 Å². The molecule has 36 heavy (non-hydrogen) atoms. The van der Waals surface area contributed by atoms with Crippen molar-refractivity contribution in [1.29, 1.82) is 0 Å². The van der Waals surface area contributed by atoms with Gasteiger partial charge in [-0.2, -0.15) is 0 Å². The van der Waals surface area contributed by atoms with E-state index in [-0.39, 0.29) is 24.5 Å². The number of carboxylic acids is 1. The van der Waals surface area contributed by atoms with Gasteiger partial charge in [0.2, 0.25) is 5.91 Å². The molecule has 0 aromatic heterocycles. The van der Waals surface area contributed by atoms with Crippen LogP contribution in [0, 0.1) is 5.82 Å². The molecule has 1 aliphatic rings. The number of carbonyl (C=O) groups is 2. The lowest BCUT2D eigenvalue weighted by Gasteiger charge is -2.27. The first-order valence-electron chi connectivity index (χ1n) is 11.9. The molecule has 1 amide bonds. The van der Waals surface area contributed by atoms with Gasteiger partial charge in [0, 0.05) is 6.54 Å². The first-order chi connectivity index (χ1) is 17.3. The van der Waals surface area contributed by atoms with Crippen LogP contribution in [0.3, 0.4) is 0 Å². The molecule has 1 saturated heterocycles. The fraction of sp³-hybridized carbons (Fsp3) is 0.286. The van der Waals surface area contributed by atoms with E-state index in [0.29, 0.717) is 24.0 Å². The minimum atomic E-state index is -3.66. The molecule has 0 aliphatic carbocycles. The lowest BCUT2D eigenvalue weighted by molar-refractivity contribution is -0.148. The monoisotopic (exact) mass is 509 g/mol. The topological polar surface area (TPSA) is 91.8 Å². The molecule has 1 fully saturated rings. The Morgan fingerprint density at radius 2 is 1.47 bits per heavy atom. The number of hydrogen-bond acceptors (Lipinski definition) is 4. The highest BCUT2D eigenvalue weighted by Crippen LogP contribution is 2.32. The minimum Gasteiger partial charge on any atom is -0.480 e. The second-order valence-corrected chi connectivity index (χ2v) is 11.5. The number of halogens is 1. The third kappa shape index (κ3) is 5.82. The third-order valence-corrected chi connectivity index (χ3v) is 8.87. The number of carboxylic acid groups (broad SMARTS) is 1. The number of carbonyl (C=O) groups excluding carboxylic acids is 1. The van der Waals surface area contributed by atoms with Gasteiger partial charge < -0.3 is 10.0 Å². The Morgan fingerprint density at radius 1 is 0.917 bits per heavy atom. The van der Waals surface area contributed by atoms with Gasteiger partial charge in [-0.1, -0.05) is 72.8 Å². The number of nitrogens with zero attached hydrogens (tertiary/aromatic N) is 1. The summed E-state index contributed by atoms with van der Waals surface area (Å²) in [5.74, 6) is -2.87. The van der Waals surface area contributed by atoms with Gasteiger partial charge in [-0.15, -0.1) is 0 Å². The van der Waals surface area contributed by atoms with E-state index >= 15 is 0 Å². The van der Waals surface area contributed by atoms with Crippen molar-refractivity contribution in [2.75, 3.05) is 12.3 Å². The number of aliphatic carboxylic acids is 1. The summed E-state index contributed by atoms with van der Waals surface area (Å²) < 4.78 is 39.4. The number of benzene rings is 3. The highest BCUT2D eigenvalue weighted by Gasteiger charge is 2.46. The van der Waals surface area contributed by atoms with Gasteiger partial charge in [0.05, 0.1) is 16.9 Å². The fourth-order valence-corrected chi connectivity index (χ4v) is 6.51. The van der Waals surface area contributed by atoms with Gasteiger partial charge in [-0.25, -0.2) is 17.6 Å². The summed E-state index contributed by atoms with van der Waals surface area (Å²) in [7, 11) is -3.66. The molecule has 6 nitrogen and oxygen atoms in total. The number of amides is 1. The maximum Gasteiger partial charge on any atom is 0.326 e. The molecule has 8 heteroatoms. The van der Waals surface area contributed by atoms with Crippen molar-refractivity contribution >= 4 is 21.7 Å². The van der Waals surface area contributed by atoms with Crippen molar-refractivity contribution < 1.29 is 27.5 Å². The molecule has 4 rings (SSSR count). The molecule has 0 spiro atoms. The molecular formula is C28H28FNO5S. The van der Waals surface area contributed by atoms with Crippen LogP contribution in [-0.4, -0.2) is 53.9 Å². The first-order valence-corrected chi connectivity index (χ1v) is 13.6. The Hall–Kier alpha value is -3.52. The van der Waals surface area contributed by atoms with E-state index in [2.05, 4.69) is 0 Å². The third-order valence-electron chi connectivity index (χ3n) is 6.66. The Labute approximate surface area is 210 Å². The van der Waals surface area contributed by atoms with Gasteiger partial charge in [-0.3, -0.25) is 4.79 Å². The van der Waals surface area contributed by atoms with Crippen molar-refractivity contribution in [1.82, 2.24) is 4.90 Å². The number of likely N-dealkylation sites (tertiary alicyclic amines) is 1. The summed E-state index contributed by atoms with van der Waals surface area (Å²) in [6, 6.07) is 22.8. The van der Waals surface area contributed by atoms with Crippen LogP contribution in [0.2, 0.25) is 0 Å². The standard InChI is InChI=1S/C28H28FNO5S/c29-23-15-13-20(14-16-23)8-7-17-36(34,35)24-18-25(28(32)33)30(19-24)27(31)26(21-9-3-1-4-10-21)22-11-5-2-6-12-22/h1-6,9-16,24-26H,7-8,17-19H2,(H,32,33)/t24-,25-/m0/s1. The molecule has 0 unspecified atom stereocenters. The number of aryl methyl sites for hydroxylation is 1. The average Bonchev–Trinajstić information content (AvgIpc) is 3.34. The second-order valence-electron chi connectivity index (χ2n) is 9.05. The van der Waals surface area contributed by atoms with Crippen LogP contribution >= 0.6 is 0 Å². The zero-order valence-corrected chi connectivity index (χ0v) is 20.5. The average molecular weight is 510 g/mol. The van der Waals surface area contributed by atoms with Gasteiger partial charge in [-0.05, 0) is 48.1 Å². The molecule has 3 aromatic carbocycles. The van der Waals surface area contributed by atoms with Gasteiger partial charge in [0.25, 0.3) is 0 Å². The minimum absolute atomic E-state index is 0.135. The van der Waals surface area contributed by atoms with Crippen molar-refractivity contribution in [3.63, 3.8) is 0 Å².